The maximum absolute atomic E-state index is 13.6. The van der Waals surface area contributed by atoms with Crippen LogP contribution in [0.25, 0.3) is 22.4 Å². The molecule has 3 aromatic rings. The summed E-state index contributed by atoms with van der Waals surface area (Å²) in [5.41, 5.74) is 2.63. The van der Waals surface area contributed by atoms with Crippen molar-refractivity contribution in [1.82, 2.24) is 15.0 Å². The van der Waals surface area contributed by atoms with E-state index in [1.165, 1.54) is 7.11 Å². The Morgan fingerprint density at radius 3 is 2.69 bits per heavy atom. The third-order valence-corrected chi connectivity index (χ3v) is 5.40. The number of carbonyl (C=O) groups excluding carboxylic acids is 2. The maximum atomic E-state index is 13.6. The van der Waals surface area contributed by atoms with Gasteiger partial charge in [-0.1, -0.05) is 5.16 Å². The van der Waals surface area contributed by atoms with E-state index in [1.54, 1.807) is 17.9 Å². The normalized spacial score (nSPS) is 17.0. The summed E-state index contributed by atoms with van der Waals surface area (Å²) in [5, 5.41) is 4.55. The van der Waals surface area contributed by atoms with Crippen molar-refractivity contribution >= 4 is 23.0 Å². The molecule has 1 unspecified atom stereocenters. The third kappa shape index (κ3) is 3.28. The van der Waals surface area contributed by atoms with Crippen molar-refractivity contribution in [1.29, 1.82) is 0 Å². The largest absolute Gasteiger partial charge is 0.467 e. The summed E-state index contributed by atoms with van der Waals surface area (Å²) in [6.07, 6.45) is 2.30. The van der Waals surface area contributed by atoms with Crippen LogP contribution in [-0.2, 0) is 9.53 Å². The van der Waals surface area contributed by atoms with Crippen LogP contribution in [0.1, 0.15) is 46.8 Å². The van der Waals surface area contributed by atoms with Gasteiger partial charge in [-0.15, -0.1) is 0 Å². The number of rotatable bonds is 3. The monoisotopic (exact) mass is 397 g/mol. The molecular formula is C21H23N3O5. The average molecular weight is 397 g/mol. The van der Waals surface area contributed by atoms with E-state index < -0.39 is 12.0 Å². The van der Waals surface area contributed by atoms with Gasteiger partial charge in [0.25, 0.3) is 11.6 Å². The third-order valence-electron chi connectivity index (χ3n) is 5.40. The van der Waals surface area contributed by atoms with Crippen LogP contribution in [0.4, 0.5) is 0 Å². The highest BCUT2D eigenvalue weighted by atomic mass is 16.5. The van der Waals surface area contributed by atoms with Crippen molar-refractivity contribution in [3.63, 3.8) is 0 Å². The van der Waals surface area contributed by atoms with Gasteiger partial charge >= 0.3 is 5.97 Å². The molecule has 8 nitrogen and oxygen atoms in total. The van der Waals surface area contributed by atoms with Crippen molar-refractivity contribution in [3.8, 4) is 11.3 Å². The number of pyridine rings is 1. The number of furan rings is 1. The second-order valence-electron chi connectivity index (χ2n) is 7.36. The summed E-state index contributed by atoms with van der Waals surface area (Å²) in [4.78, 5) is 32.0. The summed E-state index contributed by atoms with van der Waals surface area (Å²) in [6.45, 7) is 5.96. The first-order chi connectivity index (χ1) is 13.9. The number of fused-ring (bicyclic) bond motifs is 1. The van der Waals surface area contributed by atoms with E-state index >= 15 is 0 Å². The summed E-state index contributed by atoms with van der Waals surface area (Å²) in [6, 6.07) is 3.01. The molecular weight excluding hydrogens is 374 g/mol. The molecule has 0 saturated carbocycles. The Bertz CT molecular complexity index is 1100. The van der Waals surface area contributed by atoms with Gasteiger partial charge < -0.3 is 18.6 Å². The van der Waals surface area contributed by atoms with E-state index in [1.807, 2.05) is 19.9 Å². The molecule has 29 heavy (non-hydrogen) atoms. The number of hydrogen-bond acceptors (Lipinski definition) is 7. The molecule has 0 aromatic carbocycles. The number of likely N-dealkylation sites (tertiary alicyclic amines) is 1. The lowest BCUT2D eigenvalue weighted by atomic mass is 9.99. The Balaban J connectivity index is 1.85. The smallest absolute Gasteiger partial charge is 0.328 e. The zero-order valence-corrected chi connectivity index (χ0v) is 16.9. The predicted octanol–water partition coefficient (Wildman–Crippen LogP) is 3.58. The van der Waals surface area contributed by atoms with E-state index in [0.717, 1.165) is 24.2 Å². The number of hydrogen-bond donors (Lipinski definition) is 0. The van der Waals surface area contributed by atoms with Crippen LogP contribution in [0.5, 0.6) is 0 Å². The second kappa shape index (κ2) is 7.35. The van der Waals surface area contributed by atoms with E-state index in [4.69, 9.17) is 13.7 Å². The van der Waals surface area contributed by atoms with Gasteiger partial charge in [0.15, 0.2) is 0 Å². The molecule has 1 fully saturated rings. The van der Waals surface area contributed by atoms with Gasteiger partial charge in [-0.25, -0.2) is 9.78 Å². The molecule has 1 atom stereocenters. The van der Waals surface area contributed by atoms with Crippen molar-refractivity contribution in [2.75, 3.05) is 13.7 Å². The Labute approximate surface area is 167 Å². The van der Waals surface area contributed by atoms with E-state index in [9.17, 15) is 9.59 Å². The van der Waals surface area contributed by atoms with E-state index in [2.05, 4.69) is 10.1 Å². The molecule has 4 rings (SSSR count). The quantitative estimate of drug-likeness (QED) is 0.623. The first kappa shape index (κ1) is 19.2. The van der Waals surface area contributed by atoms with Crippen molar-refractivity contribution in [3.05, 3.63) is 34.9 Å². The number of esters is 1. The summed E-state index contributed by atoms with van der Waals surface area (Å²) >= 11 is 0. The summed E-state index contributed by atoms with van der Waals surface area (Å²) in [7, 11) is 1.34. The minimum atomic E-state index is -0.592. The topological polar surface area (TPSA) is 98.7 Å². The molecule has 1 saturated heterocycles. The minimum absolute atomic E-state index is 0.252. The molecule has 4 heterocycles. The predicted molar refractivity (Wildman–Crippen MR) is 104 cm³/mol. The van der Waals surface area contributed by atoms with Crippen LogP contribution < -0.4 is 0 Å². The van der Waals surface area contributed by atoms with Crippen molar-refractivity contribution < 1.29 is 23.3 Å². The van der Waals surface area contributed by atoms with Gasteiger partial charge in [0.1, 0.15) is 17.6 Å². The van der Waals surface area contributed by atoms with Crippen molar-refractivity contribution in [2.45, 2.75) is 46.1 Å². The average Bonchev–Trinajstić information content (AvgIpc) is 3.27. The Morgan fingerprint density at radius 2 is 2.00 bits per heavy atom. The minimum Gasteiger partial charge on any atom is -0.467 e. The van der Waals surface area contributed by atoms with E-state index in [0.29, 0.717) is 41.1 Å². The molecule has 0 aliphatic carbocycles. The van der Waals surface area contributed by atoms with Crippen LogP contribution in [0.2, 0.25) is 0 Å². The van der Waals surface area contributed by atoms with E-state index in [-0.39, 0.29) is 11.6 Å². The number of aromatic nitrogens is 2. The van der Waals surface area contributed by atoms with Crippen LogP contribution in [0, 0.1) is 20.8 Å². The lowest BCUT2D eigenvalue weighted by molar-refractivity contribution is -0.147. The van der Waals surface area contributed by atoms with Gasteiger partial charge in [0.05, 0.1) is 29.4 Å². The fourth-order valence-corrected chi connectivity index (χ4v) is 4.00. The van der Waals surface area contributed by atoms with Gasteiger partial charge in [0.2, 0.25) is 0 Å². The van der Waals surface area contributed by atoms with Crippen molar-refractivity contribution in [2.24, 2.45) is 0 Å². The van der Waals surface area contributed by atoms with Gasteiger partial charge in [-0.3, -0.25) is 4.79 Å². The Kier molecular flexibility index (Phi) is 4.86. The number of carbonyl (C=O) groups is 2. The molecule has 0 spiro atoms. The first-order valence-corrected chi connectivity index (χ1v) is 9.64. The first-order valence-electron chi connectivity index (χ1n) is 9.64. The molecule has 0 bridgehead atoms. The highest BCUT2D eigenvalue weighted by Gasteiger charge is 2.35. The highest BCUT2D eigenvalue weighted by molar-refractivity contribution is 6.08. The van der Waals surface area contributed by atoms with Crippen LogP contribution in [0.3, 0.4) is 0 Å². The molecule has 1 aliphatic heterocycles. The fraction of sp³-hybridized carbons (Fsp3) is 0.429. The Morgan fingerprint density at radius 1 is 1.21 bits per heavy atom. The molecule has 1 aliphatic rings. The lowest BCUT2D eigenvalue weighted by Gasteiger charge is -2.34. The van der Waals surface area contributed by atoms with Gasteiger partial charge in [0, 0.05) is 12.1 Å². The highest BCUT2D eigenvalue weighted by Crippen LogP contribution is 2.32. The summed E-state index contributed by atoms with van der Waals surface area (Å²) < 4.78 is 15.9. The standard InChI is InChI=1S/C21H23N3O5/c1-11-9-14(13(3)28-11)16-10-15(18-12(2)23-29-19(18)22-16)20(25)24-8-6-5-7-17(24)21(26)27-4/h9-10,17H,5-8H2,1-4H3. The number of ether oxygens (including phenoxy) is 1. The lowest BCUT2D eigenvalue weighted by Crippen LogP contribution is -2.48. The SMILES string of the molecule is COC(=O)C1CCCCN1C(=O)c1cc(-c2cc(C)oc2C)nc2onc(C)c12. The second-order valence-corrected chi connectivity index (χ2v) is 7.36. The molecule has 152 valence electrons. The molecule has 8 heteroatoms. The zero-order chi connectivity index (χ0) is 20.7. The van der Waals surface area contributed by atoms with Crippen LogP contribution in [0.15, 0.2) is 21.1 Å². The number of methoxy groups -OCH3 is 1. The van der Waals surface area contributed by atoms with Crippen LogP contribution >= 0.6 is 0 Å². The number of nitrogens with zero attached hydrogens (tertiary/aromatic N) is 3. The molecule has 0 N–H and O–H groups in total. The molecule has 0 radical (unpaired) electrons. The summed E-state index contributed by atoms with van der Waals surface area (Å²) in [5.74, 6) is 0.807. The van der Waals surface area contributed by atoms with Crippen LogP contribution in [-0.4, -0.2) is 46.6 Å². The molecule has 3 aromatic heterocycles. The number of aryl methyl sites for hydroxylation is 3. The van der Waals surface area contributed by atoms with Gasteiger partial charge in [-0.2, -0.15) is 0 Å². The maximum Gasteiger partial charge on any atom is 0.328 e. The fourth-order valence-electron chi connectivity index (χ4n) is 4.00. The molecule has 1 amide bonds. The van der Waals surface area contributed by atoms with Gasteiger partial charge in [-0.05, 0) is 52.2 Å². The number of piperidine rings is 1. The Hall–Kier alpha value is -3.16. The zero-order valence-electron chi connectivity index (χ0n) is 16.9. The number of amides is 1.